The van der Waals surface area contributed by atoms with Gasteiger partial charge in [-0.15, -0.1) is 10.2 Å². The highest BCUT2D eigenvalue weighted by Gasteiger charge is 2.44. The molecule has 0 fully saturated rings. The fourth-order valence-corrected chi connectivity index (χ4v) is 5.76. The first-order valence-corrected chi connectivity index (χ1v) is 11.8. The van der Waals surface area contributed by atoms with Crippen LogP contribution in [-0.4, -0.2) is 35.8 Å². The van der Waals surface area contributed by atoms with Crippen LogP contribution >= 0.6 is 0 Å². The van der Waals surface area contributed by atoms with Gasteiger partial charge in [0, 0.05) is 41.8 Å². The van der Waals surface area contributed by atoms with Crippen LogP contribution in [0.3, 0.4) is 0 Å². The van der Waals surface area contributed by atoms with Crippen molar-refractivity contribution in [1.82, 2.24) is 30.0 Å². The molecule has 5 aromatic rings. The van der Waals surface area contributed by atoms with Gasteiger partial charge in [0.2, 0.25) is 0 Å². The van der Waals surface area contributed by atoms with Crippen LogP contribution in [0, 0.1) is 0 Å². The molecule has 0 atom stereocenters. The summed E-state index contributed by atoms with van der Waals surface area (Å²) in [5.74, 6) is 0.0625. The zero-order valence-corrected chi connectivity index (χ0v) is 19.0. The number of hydrogen-bond acceptors (Lipinski definition) is 5. The van der Waals surface area contributed by atoms with Crippen molar-refractivity contribution in [2.24, 2.45) is 0 Å². The van der Waals surface area contributed by atoms with Gasteiger partial charge in [-0.25, -0.2) is 9.36 Å². The molecule has 7 rings (SSSR count). The van der Waals surface area contributed by atoms with Gasteiger partial charge in [-0.05, 0) is 22.3 Å². The minimum absolute atomic E-state index is 0.0625. The maximum Gasteiger partial charge on any atom is 0.193 e. The first-order chi connectivity index (χ1) is 17.2. The van der Waals surface area contributed by atoms with Crippen LogP contribution in [0.2, 0.25) is 0 Å². The van der Waals surface area contributed by atoms with E-state index in [1.165, 1.54) is 11.1 Å². The van der Waals surface area contributed by atoms with Crippen molar-refractivity contribution in [3.8, 4) is 0 Å². The van der Waals surface area contributed by atoms with Gasteiger partial charge in [0.15, 0.2) is 5.78 Å². The summed E-state index contributed by atoms with van der Waals surface area (Å²) >= 11 is 0. The number of carbonyl (C=O) groups is 1. The van der Waals surface area contributed by atoms with Crippen LogP contribution in [0.15, 0.2) is 85.2 Å². The Morgan fingerprint density at radius 3 is 1.60 bits per heavy atom. The highest BCUT2D eigenvalue weighted by atomic mass is 16.1. The van der Waals surface area contributed by atoms with Crippen molar-refractivity contribution < 1.29 is 4.79 Å². The lowest BCUT2D eigenvalue weighted by Crippen LogP contribution is -2.40. The standard InChI is InChI=1S/C28H22N6O/c35-27-23-9-3-5-11-25(23)28(26-12-6-4-10-24(26)27)13-21-17-33(31-29-21)15-19-7-1-2-8-20(19)16-34-18-22(14-28)30-32-34/h1-12,17-18H,13-16H2. The fraction of sp³-hybridized carbons (Fsp3) is 0.179. The lowest BCUT2D eigenvalue weighted by molar-refractivity contribution is 0.102. The van der Waals surface area contributed by atoms with Crippen LogP contribution in [0.4, 0.5) is 0 Å². The predicted molar refractivity (Wildman–Crippen MR) is 129 cm³/mol. The summed E-state index contributed by atoms with van der Waals surface area (Å²) in [6.45, 7) is 1.26. The van der Waals surface area contributed by atoms with E-state index >= 15 is 0 Å². The van der Waals surface area contributed by atoms with E-state index in [2.05, 4.69) is 44.9 Å². The van der Waals surface area contributed by atoms with Gasteiger partial charge in [-0.1, -0.05) is 83.2 Å². The Bertz CT molecular complexity index is 1480. The number of aromatic nitrogens is 6. The fourth-order valence-electron chi connectivity index (χ4n) is 5.76. The third-order valence-corrected chi connectivity index (χ3v) is 7.30. The van der Waals surface area contributed by atoms with E-state index < -0.39 is 5.41 Å². The topological polar surface area (TPSA) is 78.5 Å². The predicted octanol–water partition coefficient (Wildman–Crippen LogP) is 3.60. The van der Waals surface area contributed by atoms with Crippen molar-refractivity contribution in [3.05, 3.63) is 130 Å². The molecule has 170 valence electrons. The summed E-state index contributed by atoms with van der Waals surface area (Å²) in [6, 6.07) is 24.2. The highest BCUT2D eigenvalue weighted by Crippen LogP contribution is 2.45. The average Bonchev–Trinajstić information content (AvgIpc) is 3.52. The largest absolute Gasteiger partial charge is 0.289 e. The molecule has 2 aromatic heterocycles. The van der Waals surface area contributed by atoms with Crippen LogP contribution in [0.1, 0.15) is 49.6 Å². The number of carbonyl (C=O) groups excluding carboxylic acids is 1. The Morgan fingerprint density at radius 1 is 0.629 bits per heavy atom. The lowest BCUT2D eigenvalue weighted by atomic mass is 9.62. The van der Waals surface area contributed by atoms with Gasteiger partial charge in [0.1, 0.15) is 0 Å². The Kier molecular flexibility index (Phi) is 4.33. The first kappa shape index (κ1) is 20.0. The minimum Gasteiger partial charge on any atom is -0.289 e. The molecule has 0 saturated carbocycles. The molecule has 0 saturated heterocycles. The summed E-state index contributed by atoms with van der Waals surface area (Å²) in [5.41, 5.74) is 7.08. The minimum atomic E-state index is -0.524. The van der Waals surface area contributed by atoms with Crippen molar-refractivity contribution >= 4 is 5.78 Å². The molecule has 1 aliphatic heterocycles. The molecule has 2 aliphatic rings. The van der Waals surface area contributed by atoms with Crippen LogP contribution in [0.5, 0.6) is 0 Å². The molecule has 7 heteroatoms. The van der Waals surface area contributed by atoms with Crippen molar-refractivity contribution in [1.29, 1.82) is 0 Å². The highest BCUT2D eigenvalue weighted by molar-refractivity contribution is 6.13. The zero-order chi connectivity index (χ0) is 23.4. The first-order valence-electron chi connectivity index (χ1n) is 11.8. The Labute approximate surface area is 202 Å². The Hall–Kier alpha value is -4.39. The molecule has 0 radical (unpaired) electrons. The Balaban J connectivity index is 1.47. The molecule has 3 aromatic carbocycles. The molecule has 0 amide bonds. The number of ketones is 1. The summed E-state index contributed by atoms with van der Waals surface area (Å²) in [6.07, 6.45) is 5.27. The number of nitrogens with zero attached hydrogens (tertiary/aromatic N) is 6. The maximum atomic E-state index is 13.5. The quantitative estimate of drug-likeness (QED) is 0.354. The summed E-state index contributed by atoms with van der Waals surface area (Å²) < 4.78 is 3.80. The van der Waals surface area contributed by atoms with Gasteiger partial charge in [-0.2, -0.15) is 0 Å². The van der Waals surface area contributed by atoms with E-state index in [9.17, 15) is 4.79 Å². The number of benzene rings is 3. The van der Waals surface area contributed by atoms with Gasteiger partial charge >= 0.3 is 0 Å². The number of hydrogen-bond donors (Lipinski definition) is 0. The monoisotopic (exact) mass is 458 g/mol. The van der Waals surface area contributed by atoms with Crippen LogP contribution in [0.25, 0.3) is 0 Å². The van der Waals surface area contributed by atoms with E-state index in [-0.39, 0.29) is 5.78 Å². The smallest absolute Gasteiger partial charge is 0.193 e. The summed E-state index contributed by atoms with van der Waals surface area (Å²) in [4.78, 5) is 13.5. The molecular formula is C28H22N6O. The van der Waals surface area contributed by atoms with E-state index in [0.717, 1.165) is 33.6 Å². The molecule has 0 unspecified atom stereocenters. The van der Waals surface area contributed by atoms with Crippen molar-refractivity contribution in [2.75, 3.05) is 0 Å². The molecule has 4 bridgehead atoms. The molecule has 3 heterocycles. The molecule has 7 nitrogen and oxygen atoms in total. The Morgan fingerprint density at radius 2 is 1.09 bits per heavy atom. The SMILES string of the molecule is O=C1c2ccccc2C2(Cc3cn(nn3)Cc3ccccc3Cn3cc(nn3)C2)c2ccccc21. The van der Waals surface area contributed by atoms with E-state index in [1.54, 1.807) is 0 Å². The number of rotatable bonds is 0. The summed E-state index contributed by atoms with van der Waals surface area (Å²) in [5, 5.41) is 18.1. The molecular weight excluding hydrogens is 436 g/mol. The molecule has 0 N–H and O–H groups in total. The van der Waals surface area contributed by atoms with Crippen molar-refractivity contribution in [2.45, 2.75) is 31.3 Å². The van der Waals surface area contributed by atoms with Crippen LogP contribution in [-0.2, 0) is 31.3 Å². The van der Waals surface area contributed by atoms with Gasteiger partial charge in [-0.3, -0.25) is 4.79 Å². The van der Waals surface area contributed by atoms with Crippen LogP contribution < -0.4 is 0 Å². The van der Waals surface area contributed by atoms with E-state index in [4.69, 9.17) is 0 Å². The summed E-state index contributed by atoms with van der Waals surface area (Å²) in [7, 11) is 0. The number of fused-ring (bicyclic) bond motifs is 9. The molecule has 1 aliphatic carbocycles. The van der Waals surface area contributed by atoms with E-state index in [0.29, 0.717) is 25.9 Å². The van der Waals surface area contributed by atoms with Crippen molar-refractivity contribution in [3.63, 3.8) is 0 Å². The average molecular weight is 459 g/mol. The second-order valence-corrected chi connectivity index (χ2v) is 9.44. The van der Waals surface area contributed by atoms with Gasteiger partial charge < -0.3 is 0 Å². The second-order valence-electron chi connectivity index (χ2n) is 9.44. The molecule has 35 heavy (non-hydrogen) atoms. The van der Waals surface area contributed by atoms with Gasteiger partial charge in [0.25, 0.3) is 0 Å². The lowest BCUT2D eigenvalue weighted by Gasteiger charge is -2.39. The third-order valence-electron chi connectivity index (χ3n) is 7.30. The van der Waals surface area contributed by atoms with Gasteiger partial charge in [0.05, 0.1) is 24.5 Å². The second kappa shape index (κ2) is 7.56. The zero-order valence-electron chi connectivity index (χ0n) is 19.0. The molecule has 1 spiro atoms. The van der Waals surface area contributed by atoms with E-state index in [1.807, 2.05) is 70.3 Å². The third kappa shape index (κ3) is 3.15. The normalized spacial score (nSPS) is 15.8. The maximum absolute atomic E-state index is 13.5.